The second-order valence-electron chi connectivity index (χ2n) is 1.92. The largest absolute Gasteiger partial charge is 0.616 e. The molecule has 0 radical (unpaired) electrons. The summed E-state index contributed by atoms with van der Waals surface area (Å²) < 4.78 is 5.19. The van der Waals surface area contributed by atoms with Crippen LogP contribution >= 0.6 is 0 Å². The van der Waals surface area contributed by atoms with Crippen molar-refractivity contribution in [3.63, 3.8) is 0 Å². The van der Waals surface area contributed by atoms with Crippen molar-refractivity contribution in [1.82, 2.24) is 0 Å². The molecule has 0 atom stereocenters. The number of hydrogen-bond donors (Lipinski definition) is 0. The molecule has 0 aliphatic carbocycles. The third-order valence-electron chi connectivity index (χ3n) is 1.26. The van der Waals surface area contributed by atoms with Gasteiger partial charge in [0.05, 0.1) is 7.11 Å². The van der Waals surface area contributed by atoms with Gasteiger partial charge in [-0.05, 0) is 6.07 Å². The molecule has 0 aromatic carbocycles. The molecule has 58 valence electrons. The van der Waals surface area contributed by atoms with Gasteiger partial charge in [0.1, 0.15) is 5.56 Å². The van der Waals surface area contributed by atoms with Crippen molar-refractivity contribution < 1.29 is 14.3 Å². The van der Waals surface area contributed by atoms with E-state index in [-0.39, 0.29) is 11.4 Å². The Morgan fingerprint density at radius 1 is 1.73 bits per heavy atom. The summed E-state index contributed by atoms with van der Waals surface area (Å²) in [6.07, 6.45) is 1.85. The second-order valence-corrected chi connectivity index (χ2v) is 1.92. The van der Waals surface area contributed by atoms with Crippen LogP contribution in [-0.2, 0) is 0 Å². The zero-order chi connectivity index (χ0) is 8.27. The lowest BCUT2D eigenvalue weighted by molar-refractivity contribution is -0.612. The third kappa shape index (κ3) is 1.29. The van der Waals surface area contributed by atoms with E-state index in [0.717, 1.165) is 0 Å². The predicted octanol–water partition coefficient (Wildman–Crippen LogP) is 0.141. The highest BCUT2D eigenvalue weighted by atomic mass is 16.5. The predicted molar refractivity (Wildman–Crippen MR) is 37.3 cm³/mol. The first kappa shape index (κ1) is 7.53. The Labute approximate surface area is 63.6 Å². The topological polar surface area (TPSA) is 53.2 Å². The van der Waals surface area contributed by atoms with Gasteiger partial charge >= 0.3 is 5.88 Å². The fourth-order valence-electron chi connectivity index (χ4n) is 0.789. The minimum atomic E-state index is 0.0301. The number of carbonyl (C=O) groups excluding carboxylic acids is 1. The second kappa shape index (κ2) is 3.01. The highest BCUT2D eigenvalue weighted by Crippen LogP contribution is 2.07. The van der Waals surface area contributed by atoms with Gasteiger partial charge in [-0.15, -0.1) is 4.73 Å². The summed E-state index contributed by atoms with van der Waals surface area (Å²) in [5, 5.41) is 10.9. The highest BCUT2D eigenvalue weighted by molar-refractivity contribution is 5.77. The van der Waals surface area contributed by atoms with Crippen LogP contribution in [0.5, 0.6) is 5.88 Å². The molecule has 0 saturated carbocycles. The quantitative estimate of drug-likeness (QED) is 0.345. The van der Waals surface area contributed by atoms with E-state index < -0.39 is 0 Å². The minimum absolute atomic E-state index is 0.0301. The number of aromatic nitrogens is 1. The Kier molecular flexibility index (Phi) is 2.06. The SMILES string of the molecule is COc1c(C=O)ccc[n+]1[O-]. The Morgan fingerprint density at radius 3 is 2.91 bits per heavy atom. The Balaban J connectivity index is 3.23. The first-order valence-electron chi connectivity index (χ1n) is 3.01. The molecule has 0 aliphatic rings. The Hall–Kier alpha value is -1.58. The van der Waals surface area contributed by atoms with E-state index in [0.29, 0.717) is 11.0 Å². The first-order valence-corrected chi connectivity index (χ1v) is 3.01. The van der Waals surface area contributed by atoms with Crippen LogP contribution < -0.4 is 9.47 Å². The van der Waals surface area contributed by atoms with Crippen molar-refractivity contribution in [3.05, 3.63) is 29.1 Å². The number of carbonyl (C=O) groups is 1. The zero-order valence-electron chi connectivity index (χ0n) is 5.98. The van der Waals surface area contributed by atoms with Crippen LogP contribution in [-0.4, -0.2) is 13.4 Å². The van der Waals surface area contributed by atoms with Crippen molar-refractivity contribution in [3.8, 4) is 5.88 Å². The Bertz CT molecular complexity index is 272. The maximum atomic E-state index is 10.9. The number of hydrogen-bond acceptors (Lipinski definition) is 3. The van der Waals surface area contributed by atoms with E-state index in [2.05, 4.69) is 4.74 Å². The number of methoxy groups -OCH3 is 1. The normalized spacial score (nSPS) is 9.18. The molecule has 0 amide bonds. The van der Waals surface area contributed by atoms with E-state index in [9.17, 15) is 10.0 Å². The van der Waals surface area contributed by atoms with Gasteiger partial charge in [-0.25, -0.2) is 0 Å². The molecule has 0 saturated heterocycles. The molecule has 0 fully saturated rings. The molecule has 4 nitrogen and oxygen atoms in total. The molecule has 0 unspecified atom stereocenters. The van der Waals surface area contributed by atoms with Gasteiger partial charge in [-0.2, -0.15) is 0 Å². The van der Waals surface area contributed by atoms with Crippen LogP contribution in [0.15, 0.2) is 18.3 Å². The number of ether oxygens (including phenoxy) is 1. The van der Waals surface area contributed by atoms with E-state index in [1.165, 1.54) is 25.4 Å². The monoisotopic (exact) mass is 153 g/mol. The van der Waals surface area contributed by atoms with Gasteiger partial charge in [0.2, 0.25) is 0 Å². The van der Waals surface area contributed by atoms with E-state index in [1.807, 2.05) is 0 Å². The molecule has 1 aromatic rings. The number of aldehydes is 1. The average molecular weight is 153 g/mol. The lowest BCUT2D eigenvalue weighted by Crippen LogP contribution is -2.28. The van der Waals surface area contributed by atoms with E-state index in [1.54, 1.807) is 0 Å². The summed E-state index contributed by atoms with van der Waals surface area (Å²) in [4.78, 5) is 10.3. The lowest BCUT2D eigenvalue weighted by atomic mass is 10.3. The van der Waals surface area contributed by atoms with Gasteiger partial charge in [-0.3, -0.25) is 4.79 Å². The molecule has 1 rings (SSSR count). The highest BCUT2D eigenvalue weighted by Gasteiger charge is 2.10. The molecule has 4 heteroatoms. The molecule has 0 N–H and O–H groups in total. The van der Waals surface area contributed by atoms with Crippen molar-refractivity contribution in [1.29, 1.82) is 0 Å². The third-order valence-corrected chi connectivity index (χ3v) is 1.26. The van der Waals surface area contributed by atoms with Crippen LogP contribution in [0.4, 0.5) is 0 Å². The summed E-state index contributed by atoms with van der Waals surface area (Å²) in [6, 6.07) is 3.00. The first-order chi connectivity index (χ1) is 5.29. The van der Waals surface area contributed by atoms with Gasteiger partial charge < -0.3 is 9.94 Å². The molecule has 1 aromatic heterocycles. The van der Waals surface area contributed by atoms with Crippen molar-refractivity contribution in [2.75, 3.05) is 7.11 Å². The summed E-state index contributed by atoms with van der Waals surface area (Å²) in [5.41, 5.74) is 0.255. The van der Waals surface area contributed by atoms with Gasteiger partial charge in [0.15, 0.2) is 12.5 Å². The average Bonchev–Trinajstić information content (AvgIpc) is 2.04. The summed E-state index contributed by atoms with van der Waals surface area (Å²) in [6.45, 7) is 0. The maximum absolute atomic E-state index is 10.9. The smallest absolute Gasteiger partial charge is 0.389 e. The van der Waals surface area contributed by atoms with Crippen LogP contribution in [0.25, 0.3) is 0 Å². The molecule has 1 heterocycles. The number of pyridine rings is 1. The van der Waals surface area contributed by atoms with Crippen molar-refractivity contribution >= 4 is 6.29 Å². The fraction of sp³-hybridized carbons (Fsp3) is 0.143. The summed E-state index contributed by atoms with van der Waals surface area (Å²) in [5.74, 6) is 0.0301. The molecule has 0 bridgehead atoms. The molecule has 0 spiro atoms. The van der Waals surface area contributed by atoms with Crippen LogP contribution in [0.2, 0.25) is 0 Å². The van der Waals surface area contributed by atoms with Crippen LogP contribution in [0.3, 0.4) is 0 Å². The van der Waals surface area contributed by atoms with Crippen LogP contribution in [0, 0.1) is 5.21 Å². The minimum Gasteiger partial charge on any atom is -0.616 e. The summed E-state index contributed by atoms with van der Waals surface area (Å²) >= 11 is 0. The molecule has 0 aliphatic heterocycles. The number of nitrogens with zero attached hydrogens (tertiary/aromatic N) is 1. The van der Waals surface area contributed by atoms with Gasteiger partial charge in [-0.1, -0.05) is 0 Å². The standard InChI is InChI=1S/C7H7NO3/c1-11-7-6(5-9)3-2-4-8(7)10/h2-5H,1H3. The fourth-order valence-corrected chi connectivity index (χ4v) is 0.789. The van der Waals surface area contributed by atoms with Crippen molar-refractivity contribution in [2.24, 2.45) is 0 Å². The van der Waals surface area contributed by atoms with Gasteiger partial charge in [0.25, 0.3) is 0 Å². The molecular formula is C7H7NO3. The maximum Gasteiger partial charge on any atom is 0.389 e. The van der Waals surface area contributed by atoms with E-state index >= 15 is 0 Å². The zero-order valence-corrected chi connectivity index (χ0v) is 5.98. The number of rotatable bonds is 2. The Morgan fingerprint density at radius 2 is 2.45 bits per heavy atom. The lowest BCUT2D eigenvalue weighted by Gasteiger charge is -2.02. The van der Waals surface area contributed by atoms with E-state index in [4.69, 9.17) is 0 Å². The molecular weight excluding hydrogens is 146 g/mol. The van der Waals surface area contributed by atoms with Crippen molar-refractivity contribution in [2.45, 2.75) is 0 Å². The van der Waals surface area contributed by atoms with Gasteiger partial charge in [0, 0.05) is 6.07 Å². The molecule has 11 heavy (non-hydrogen) atoms. The van der Waals surface area contributed by atoms with Crippen LogP contribution in [0.1, 0.15) is 10.4 Å². The summed E-state index contributed by atoms with van der Waals surface area (Å²) in [7, 11) is 1.34.